The van der Waals surface area contributed by atoms with Crippen LogP contribution in [0.5, 0.6) is 0 Å². The average Bonchev–Trinajstić information content (AvgIpc) is 2.95. The maximum Gasteiger partial charge on any atom is 0.157 e. The summed E-state index contributed by atoms with van der Waals surface area (Å²) in [4.78, 5) is 9.00. The summed E-state index contributed by atoms with van der Waals surface area (Å²) in [5.74, 6) is 1.08. The highest BCUT2D eigenvalue weighted by molar-refractivity contribution is 9.10. The van der Waals surface area contributed by atoms with E-state index in [2.05, 4.69) is 54.9 Å². The van der Waals surface area contributed by atoms with Gasteiger partial charge in [0.1, 0.15) is 11.5 Å². The number of nitrogens with zero attached hydrogens (tertiary/aromatic N) is 3. The molecule has 4 nitrogen and oxygen atoms in total. The Bertz CT molecular complexity index is 804. The van der Waals surface area contributed by atoms with Gasteiger partial charge in [0.2, 0.25) is 0 Å². The first-order valence-electron chi connectivity index (χ1n) is 8.16. The average molecular weight is 371 g/mol. The summed E-state index contributed by atoms with van der Waals surface area (Å²) in [7, 11) is 0. The zero-order valence-electron chi connectivity index (χ0n) is 12.9. The lowest BCUT2D eigenvalue weighted by Gasteiger charge is -2.24. The van der Waals surface area contributed by atoms with E-state index in [9.17, 15) is 0 Å². The zero-order chi connectivity index (χ0) is 15.6. The smallest absolute Gasteiger partial charge is 0.157 e. The third-order valence-corrected chi connectivity index (χ3v) is 5.02. The van der Waals surface area contributed by atoms with E-state index in [4.69, 9.17) is 4.98 Å². The first-order chi connectivity index (χ1) is 11.3. The molecule has 0 spiro atoms. The molecule has 4 rings (SSSR count). The van der Waals surface area contributed by atoms with Gasteiger partial charge in [0.15, 0.2) is 5.65 Å². The number of rotatable bonds is 3. The van der Waals surface area contributed by atoms with Crippen LogP contribution < -0.4 is 5.32 Å². The van der Waals surface area contributed by atoms with Crippen molar-refractivity contribution in [2.45, 2.75) is 38.1 Å². The molecule has 118 valence electrons. The number of anilines is 1. The van der Waals surface area contributed by atoms with Crippen LogP contribution in [0.25, 0.3) is 16.9 Å². The van der Waals surface area contributed by atoms with Gasteiger partial charge in [0, 0.05) is 28.5 Å². The fourth-order valence-electron chi connectivity index (χ4n) is 3.29. The van der Waals surface area contributed by atoms with Crippen LogP contribution in [0.15, 0.2) is 47.3 Å². The van der Waals surface area contributed by atoms with Crippen LogP contribution in [-0.4, -0.2) is 20.4 Å². The van der Waals surface area contributed by atoms with Crippen LogP contribution >= 0.6 is 15.9 Å². The number of hydrogen-bond acceptors (Lipinski definition) is 3. The largest absolute Gasteiger partial charge is 0.367 e. The summed E-state index contributed by atoms with van der Waals surface area (Å²) in [6, 6.07) is 8.85. The minimum absolute atomic E-state index is 0.533. The van der Waals surface area contributed by atoms with Crippen molar-refractivity contribution in [1.82, 2.24) is 14.4 Å². The van der Waals surface area contributed by atoms with Gasteiger partial charge >= 0.3 is 0 Å². The van der Waals surface area contributed by atoms with Gasteiger partial charge in [-0.25, -0.2) is 4.98 Å². The lowest BCUT2D eigenvalue weighted by Crippen LogP contribution is -2.23. The van der Waals surface area contributed by atoms with Crippen molar-refractivity contribution in [3.05, 3.63) is 47.3 Å². The summed E-state index contributed by atoms with van der Waals surface area (Å²) in [5, 5.41) is 3.75. The topological polar surface area (TPSA) is 42.2 Å². The molecule has 3 aromatic rings. The Morgan fingerprint density at radius 3 is 2.65 bits per heavy atom. The third-order valence-electron chi connectivity index (χ3n) is 4.49. The van der Waals surface area contributed by atoms with E-state index in [1.54, 1.807) is 0 Å². The first-order valence-corrected chi connectivity index (χ1v) is 8.95. The van der Waals surface area contributed by atoms with Crippen LogP contribution in [0, 0.1) is 0 Å². The Balaban J connectivity index is 1.79. The summed E-state index contributed by atoms with van der Waals surface area (Å²) in [6.07, 6.45) is 12.1. The van der Waals surface area contributed by atoms with E-state index in [1.165, 1.54) is 32.1 Å². The predicted molar refractivity (Wildman–Crippen MR) is 96.6 cm³/mol. The molecule has 0 saturated heterocycles. The number of nitrogens with one attached hydrogen (secondary N) is 1. The molecule has 1 N–H and O–H groups in total. The highest BCUT2D eigenvalue weighted by Gasteiger charge is 2.19. The molecule has 2 heterocycles. The molecular weight excluding hydrogens is 352 g/mol. The molecule has 1 aliphatic rings. The van der Waals surface area contributed by atoms with E-state index in [-0.39, 0.29) is 0 Å². The van der Waals surface area contributed by atoms with E-state index in [0.29, 0.717) is 6.04 Å². The number of benzene rings is 1. The number of hydrogen-bond donors (Lipinski definition) is 1. The molecule has 0 radical (unpaired) electrons. The van der Waals surface area contributed by atoms with Crippen molar-refractivity contribution in [3.8, 4) is 11.3 Å². The predicted octanol–water partition coefficient (Wildman–Crippen LogP) is 4.90. The highest BCUT2D eigenvalue weighted by Crippen LogP contribution is 2.31. The number of aromatic nitrogens is 3. The van der Waals surface area contributed by atoms with Crippen molar-refractivity contribution in [2.75, 3.05) is 5.32 Å². The molecule has 1 aromatic carbocycles. The Morgan fingerprint density at radius 2 is 1.87 bits per heavy atom. The molecule has 23 heavy (non-hydrogen) atoms. The SMILES string of the molecule is Brc1ccc(-c2nc3cnccn3c2NC2CCCCC2)cc1. The number of halogens is 1. The van der Waals surface area contributed by atoms with E-state index in [1.807, 2.05) is 18.6 Å². The molecule has 5 heteroatoms. The van der Waals surface area contributed by atoms with Crippen LogP contribution in [-0.2, 0) is 0 Å². The fraction of sp³-hybridized carbons (Fsp3) is 0.333. The van der Waals surface area contributed by atoms with Gasteiger partial charge in [-0.2, -0.15) is 0 Å². The molecule has 2 aromatic heterocycles. The number of fused-ring (bicyclic) bond motifs is 1. The number of imidazole rings is 1. The Morgan fingerprint density at radius 1 is 1.09 bits per heavy atom. The maximum atomic E-state index is 4.80. The standard InChI is InChI=1S/C18H19BrN4/c19-14-8-6-13(7-9-14)17-18(21-15-4-2-1-3-5-15)23-11-10-20-12-16(23)22-17/h6-12,15,21H,1-5H2. The van der Waals surface area contributed by atoms with Crippen molar-refractivity contribution < 1.29 is 0 Å². The molecule has 0 amide bonds. The van der Waals surface area contributed by atoms with Crippen molar-refractivity contribution in [1.29, 1.82) is 0 Å². The van der Waals surface area contributed by atoms with Gasteiger partial charge in [-0.15, -0.1) is 0 Å². The van der Waals surface area contributed by atoms with Crippen molar-refractivity contribution >= 4 is 27.4 Å². The van der Waals surface area contributed by atoms with E-state index >= 15 is 0 Å². The lowest BCUT2D eigenvalue weighted by atomic mass is 9.95. The lowest BCUT2D eigenvalue weighted by molar-refractivity contribution is 0.461. The summed E-state index contributed by atoms with van der Waals surface area (Å²) in [6.45, 7) is 0. The van der Waals surface area contributed by atoms with Gasteiger partial charge in [0.25, 0.3) is 0 Å². The Labute approximate surface area is 144 Å². The quantitative estimate of drug-likeness (QED) is 0.712. The molecule has 0 atom stereocenters. The van der Waals surface area contributed by atoms with Gasteiger partial charge in [0.05, 0.1) is 6.20 Å². The second-order valence-electron chi connectivity index (χ2n) is 6.10. The van der Waals surface area contributed by atoms with Gasteiger partial charge < -0.3 is 5.32 Å². The molecule has 1 saturated carbocycles. The Hall–Kier alpha value is -1.88. The minimum Gasteiger partial charge on any atom is -0.367 e. The second kappa shape index (κ2) is 6.32. The van der Waals surface area contributed by atoms with Crippen molar-refractivity contribution in [2.24, 2.45) is 0 Å². The summed E-state index contributed by atoms with van der Waals surface area (Å²) in [5.41, 5.74) is 3.00. The normalized spacial score (nSPS) is 15.9. The van der Waals surface area contributed by atoms with Crippen LogP contribution in [0.3, 0.4) is 0 Å². The van der Waals surface area contributed by atoms with E-state index < -0.39 is 0 Å². The maximum absolute atomic E-state index is 4.80. The molecule has 1 aliphatic carbocycles. The molecule has 0 aliphatic heterocycles. The zero-order valence-corrected chi connectivity index (χ0v) is 14.5. The van der Waals surface area contributed by atoms with Crippen LogP contribution in [0.1, 0.15) is 32.1 Å². The third kappa shape index (κ3) is 2.98. The summed E-state index contributed by atoms with van der Waals surface area (Å²) < 4.78 is 3.19. The molecular formula is C18H19BrN4. The van der Waals surface area contributed by atoms with Crippen molar-refractivity contribution in [3.63, 3.8) is 0 Å². The molecule has 1 fully saturated rings. The second-order valence-corrected chi connectivity index (χ2v) is 7.02. The molecule has 0 unspecified atom stereocenters. The minimum atomic E-state index is 0.533. The van der Waals surface area contributed by atoms with E-state index in [0.717, 1.165) is 27.2 Å². The Kier molecular flexibility index (Phi) is 4.04. The monoisotopic (exact) mass is 370 g/mol. The summed E-state index contributed by atoms with van der Waals surface area (Å²) >= 11 is 3.50. The van der Waals surface area contributed by atoms with Gasteiger partial charge in [-0.3, -0.25) is 9.38 Å². The highest BCUT2D eigenvalue weighted by atomic mass is 79.9. The van der Waals surface area contributed by atoms with Gasteiger partial charge in [-0.05, 0) is 25.0 Å². The first kappa shape index (κ1) is 14.7. The fourth-order valence-corrected chi connectivity index (χ4v) is 3.56. The van der Waals surface area contributed by atoms with Crippen LogP contribution in [0.4, 0.5) is 5.82 Å². The van der Waals surface area contributed by atoms with Gasteiger partial charge in [-0.1, -0.05) is 47.3 Å². The van der Waals surface area contributed by atoms with Crippen LogP contribution in [0.2, 0.25) is 0 Å². The molecule has 0 bridgehead atoms.